The molecule has 6 rings (SSSR count). The highest BCUT2D eigenvalue weighted by atomic mass is 19.4. The first-order chi connectivity index (χ1) is 22.2. The summed E-state index contributed by atoms with van der Waals surface area (Å²) < 4.78 is 52.6. The van der Waals surface area contributed by atoms with Crippen molar-refractivity contribution in [2.75, 3.05) is 26.1 Å². The first-order valence-electron chi connectivity index (χ1n) is 14.9. The molecule has 1 aromatic heterocycles. The number of carbonyl (C=O) groups excluding carboxylic acids is 1. The fourth-order valence-corrected chi connectivity index (χ4v) is 6.31. The second-order valence-electron chi connectivity index (χ2n) is 12.3. The minimum Gasteiger partial charge on any atom is -0.496 e. The number of aryl methyl sites for hydroxylation is 2. The molecule has 2 heterocycles. The molecule has 1 saturated heterocycles. The van der Waals surface area contributed by atoms with Crippen LogP contribution in [0, 0.1) is 13.8 Å². The molecule has 1 spiro atoms. The van der Waals surface area contributed by atoms with Crippen LogP contribution < -0.4 is 9.64 Å². The maximum atomic E-state index is 13.7. The number of halogens is 3. The molecule has 0 radical (unpaired) electrons. The highest BCUT2D eigenvalue weighted by Gasteiger charge is 2.63. The van der Waals surface area contributed by atoms with Gasteiger partial charge in [0.2, 0.25) is 5.95 Å². The Morgan fingerprint density at radius 1 is 1.06 bits per heavy atom. The number of methoxy groups -OCH3 is 1. The number of hydrogen-bond acceptors (Lipinski definition) is 7. The average molecular weight is 647 g/mol. The monoisotopic (exact) mass is 646 g/mol. The van der Waals surface area contributed by atoms with Gasteiger partial charge in [0, 0.05) is 31.4 Å². The van der Waals surface area contributed by atoms with E-state index >= 15 is 0 Å². The van der Waals surface area contributed by atoms with E-state index in [9.17, 15) is 27.9 Å². The number of benzene rings is 3. The summed E-state index contributed by atoms with van der Waals surface area (Å²) in [6.07, 6.45) is -3.26. The molecule has 1 atom stereocenters. The predicted octanol–water partition coefficient (Wildman–Crippen LogP) is 7.45. The highest BCUT2D eigenvalue weighted by molar-refractivity contribution is 5.89. The Bertz CT molecular complexity index is 1910. The third-order valence-corrected chi connectivity index (χ3v) is 8.79. The van der Waals surface area contributed by atoms with Gasteiger partial charge in [-0.2, -0.15) is 13.2 Å². The number of nitrogens with zero attached hydrogens (tertiary/aromatic N) is 4. The van der Waals surface area contributed by atoms with Crippen LogP contribution in [0.2, 0.25) is 0 Å². The van der Waals surface area contributed by atoms with E-state index in [0.717, 1.165) is 28.8 Å². The number of rotatable bonds is 8. The van der Waals surface area contributed by atoms with E-state index in [4.69, 9.17) is 14.5 Å². The highest BCUT2D eigenvalue weighted by Crippen LogP contribution is 2.58. The zero-order valence-electron chi connectivity index (χ0n) is 26.5. The molecule has 47 heavy (non-hydrogen) atoms. The molecule has 1 N–H and O–H groups in total. The molecule has 1 amide bonds. The molecular weight excluding hydrogens is 613 g/mol. The Balaban J connectivity index is 1.42. The van der Waals surface area contributed by atoms with E-state index in [1.807, 2.05) is 19.1 Å². The molecule has 2 fully saturated rings. The van der Waals surface area contributed by atoms with E-state index in [-0.39, 0.29) is 12.1 Å². The number of cyclic esters (lactones) is 1. The second kappa shape index (κ2) is 11.6. The fraction of sp³-hybridized carbons (Fsp3) is 0.314. The van der Waals surface area contributed by atoms with Crippen LogP contribution in [0.4, 0.5) is 23.9 Å². The zero-order valence-corrected chi connectivity index (χ0v) is 26.5. The van der Waals surface area contributed by atoms with E-state index in [1.54, 1.807) is 74.5 Å². The topological polar surface area (TPSA) is 105 Å². The lowest BCUT2D eigenvalue weighted by molar-refractivity contribution is -0.137. The standard InChI is InChI=1S/C35H33F3N4O5/c1-19-12-23(15-24(13-19)35(36,37)38)30-34(10-11-34)42(33(45)47-30)18-28-27(17-39-32(40-28)41(3)4)26-16-21(7-9-29(26)46-5)25-8-6-22(31(43)44)14-20(25)2/h6-9,12-17,30H,10-11,18H2,1-5H3,(H,43,44)/t30-/m0/s1. The number of alkyl halides is 3. The average Bonchev–Trinajstić information content (AvgIpc) is 3.77. The molecule has 1 aliphatic heterocycles. The molecule has 1 aliphatic carbocycles. The summed E-state index contributed by atoms with van der Waals surface area (Å²) in [5.41, 5.74) is 3.45. The maximum absolute atomic E-state index is 13.7. The molecule has 244 valence electrons. The van der Waals surface area contributed by atoms with E-state index in [2.05, 4.69) is 4.98 Å². The number of carbonyl (C=O) groups is 2. The first-order valence-corrected chi connectivity index (χ1v) is 14.9. The van der Waals surface area contributed by atoms with Crippen molar-refractivity contribution in [3.05, 3.63) is 94.3 Å². The van der Waals surface area contributed by atoms with Gasteiger partial charge in [0.25, 0.3) is 0 Å². The van der Waals surface area contributed by atoms with Gasteiger partial charge in [-0.25, -0.2) is 19.6 Å². The van der Waals surface area contributed by atoms with Gasteiger partial charge in [-0.05, 0) is 85.3 Å². The lowest BCUT2D eigenvalue weighted by atomic mass is 9.94. The molecule has 4 aromatic rings. The van der Waals surface area contributed by atoms with Gasteiger partial charge in [0.1, 0.15) is 5.75 Å². The summed E-state index contributed by atoms with van der Waals surface area (Å²) in [4.78, 5) is 37.7. The fourth-order valence-electron chi connectivity index (χ4n) is 6.31. The summed E-state index contributed by atoms with van der Waals surface area (Å²) in [5, 5.41) is 9.42. The molecule has 1 saturated carbocycles. The van der Waals surface area contributed by atoms with Gasteiger partial charge in [0.05, 0.1) is 36.0 Å². The lowest BCUT2D eigenvalue weighted by Crippen LogP contribution is -2.36. The molecule has 3 aromatic carbocycles. The molecule has 0 bridgehead atoms. The van der Waals surface area contributed by atoms with Crippen LogP contribution in [-0.2, 0) is 17.5 Å². The Morgan fingerprint density at radius 3 is 2.43 bits per heavy atom. The van der Waals surface area contributed by atoms with Crippen LogP contribution >= 0.6 is 0 Å². The largest absolute Gasteiger partial charge is 0.496 e. The van der Waals surface area contributed by atoms with Gasteiger partial charge in [0.15, 0.2) is 6.10 Å². The van der Waals surface area contributed by atoms with Crippen molar-refractivity contribution in [2.24, 2.45) is 0 Å². The van der Waals surface area contributed by atoms with Gasteiger partial charge in [-0.1, -0.05) is 23.8 Å². The summed E-state index contributed by atoms with van der Waals surface area (Å²) in [5.74, 6) is -0.0861. The number of hydrogen-bond donors (Lipinski definition) is 1. The normalized spacial score (nSPS) is 16.7. The second-order valence-corrected chi connectivity index (χ2v) is 12.3. The minimum atomic E-state index is -4.54. The Morgan fingerprint density at radius 2 is 1.81 bits per heavy atom. The number of carboxylic acids is 1. The van der Waals surface area contributed by atoms with Crippen LogP contribution in [0.5, 0.6) is 5.75 Å². The summed E-state index contributed by atoms with van der Waals surface area (Å²) >= 11 is 0. The number of anilines is 1. The number of amides is 1. The third-order valence-electron chi connectivity index (χ3n) is 8.79. The number of aromatic carboxylic acids is 1. The van der Waals surface area contributed by atoms with Gasteiger partial charge >= 0.3 is 18.2 Å². The van der Waals surface area contributed by atoms with E-state index in [0.29, 0.717) is 52.5 Å². The van der Waals surface area contributed by atoms with E-state index in [1.165, 1.54) is 0 Å². The van der Waals surface area contributed by atoms with Crippen LogP contribution in [-0.4, -0.2) is 58.8 Å². The summed E-state index contributed by atoms with van der Waals surface area (Å²) in [7, 11) is 5.13. The maximum Gasteiger partial charge on any atom is 0.416 e. The first kappa shape index (κ1) is 31.8. The Kier molecular flexibility index (Phi) is 7.85. The van der Waals surface area contributed by atoms with Crippen molar-refractivity contribution < 1.29 is 37.3 Å². The smallest absolute Gasteiger partial charge is 0.416 e. The quantitative estimate of drug-likeness (QED) is 0.211. The molecule has 2 aliphatic rings. The van der Waals surface area contributed by atoms with Crippen molar-refractivity contribution in [3.63, 3.8) is 0 Å². The number of carboxylic acid groups (broad SMARTS) is 1. The van der Waals surface area contributed by atoms with Crippen LogP contribution in [0.15, 0.2) is 60.8 Å². The van der Waals surface area contributed by atoms with Crippen LogP contribution in [0.1, 0.15) is 57.3 Å². The van der Waals surface area contributed by atoms with Crippen LogP contribution in [0.3, 0.4) is 0 Å². The van der Waals surface area contributed by atoms with Crippen molar-refractivity contribution in [1.29, 1.82) is 0 Å². The number of ether oxygens (including phenoxy) is 2. The molecule has 0 unspecified atom stereocenters. The van der Waals surface area contributed by atoms with Gasteiger partial charge < -0.3 is 19.5 Å². The lowest BCUT2D eigenvalue weighted by Gasteiger charge is -2.26. The third kappa shape index (κ3) is 5.84. The zero-order chi connectivity index (χ0) is 33.8. The molecule has 12 heteroatoms. The van der Waals surface area contributed by atoms with Crippen molar-refractivity contribution >= 4 is 18.0 Å². The predicted molar refractivity (Wildman–Crippen MR) is 168 cm³/mol. The summed E-state index contributed by atoms with van der Waals surface area (Å²) in [6, 6.07) is 14.3. The minimum absolute atomic E-state index is 0.0195. The Hall–Kier alpha value is -5.13. The van der Waals surface area contributed by atoms with Crippen molar-refractivity contribution in [2.45, 2.75) is 51.1 Å². The van der Waals surface area contributed by atoms with Gasteiger partial charge in [-0.15, -0.1) is 0 Å². The molecular formula is C35H33F3N4O5. The SMILES string of the molecule is COc1ccc(-c2ccc(C(=O)O)cc2C)cc1-c1cnc(N(C)C)nc1CN1C(=O)O[C@@H](c2cc(C)cc(C(F)(F)F)c2)C12CC2. The van der Waals surface area contributed by atoms with Crippen molar-refractivity contribution in [1.82, 2.24) is 14.9 Å². The van der Waals surface area contributed by atoms with E-state index < -0.39 is 35.4 Å². The van der Waals surface area contributed by atoms with Crippen LogP contribution in [0.25, 0.3) is 22.3 Å². The van der Waals surface area contributed by atoms with Gasteiger partial charge in [-0.3, -0.25) is 4.90 Å². The molecule has 9 nitrogen and oxygen atoms in total. The van der Waals surface area contributed by atoms with Crippen molar-refractivity contribution in [3.8, 4) is 28.0 Å². The Labute approximate surface area is 269 Å². The summed E-state index contributed by atoms with van der Waals surface area (Å²) in [6.45, 7) is 3.44. The number of aromatic nitrogens is 2.